The third-order valence-corrected chi connectivity index (χ3v) is 3.96. The number of piperidine rings is 1. The Labute approximate surface area is 125 Å². The van der Waals surface area contributed by atoms with Gasteiger partial charge in [0.25, 0.3) is 0 Å². The number of hydrogen-bond donors (Lipinski definition) is 0. The summed E-state index contributed by atoms with van der Waals surface area (Å²) in [4.78, 5) is 30.0. The number of benzene rings is 1. The van der Waals surface area contributed by atoms with Crippen molar-refractivity contribution < 1.29 is 14.4 Å². The minimum atomic E-state index is -0.290. The van der Waals surface area contributed by atoms with E-state index in [9.17, 15) is 9.59 Å². The number of carbonyl (C=O) groups excluding carboxylic acids is 2. The molecule has 0 N–H and O–H groups in total. The molecule has 0 unspecified atom stereocenters. The lowest BCUT2D eigenvalue weighted by atomic mass is 9.99. The molecule has 1 heterocycles. The van der Waals surface area contributed by atoms with Crippen LogP contribution in [0.3, 0.4) is 0 Å². The summed E-state index contributed by atoms with van der Waals surface area (Å²) in [6.45, 7) is 2.54. The van der Waals surface area contributed by atoms with Gasteiger partial charge in [-0.05, 0) is 18.4 Å². The van der Waals surface area contributed by atoms with Crippen molar-refractivity contribution >= 4 is 12.2 Å². The van der Waals surface area contributed by atoms with Gasteiger partial charge in [0, 0.05) is 20.5 Å². The molecule has 1 amide bonds. The maximum absolute atomic E-state index is 11.6. The molecule has 1 aliphatic heterocycles. The van der Waals surface area contributed by atoms with Gasteiger partial charge in [-0.25, -0.2) is 0 Å². The van der Waals surface area contributed by atoms with Crippen molar-refractivity contribution in [2.45, 2.75) is 38.5 Å². The van der Waals surface area contributed by atoms with Gasteiger partial charge in [-0.3, -0.25) is 9.63 Å². The lowest BCUT2D eigenvalue weighted by Gasteiger charge is -2.39. The summed E-state index contributed by atoms with van der Waals surface area (Å²) in [5.41, 5.74) is 1.11. The van der Waals surface area contributed by atoms with Crippen LogP contribution in [-0.4, -0.2) is 47.8 Å². The van der Waals surface area contributed by atoms with Gasteiger partial charge in [-0.15, -0.1) is 0 Å². The fourth-order valence-electron chi connectivity index (χ4n) is 2.63. The van der Waals surface area contributed by atoms with Gasteiger partial charge in [-0.1, -0.05) is 30.3 Å². The molecule has 0 radical (unpaired) electrons. The van der Waals surface area contributed by atoms with Crippen molar-refractivity contribution in [3.05, 3.63) is 35.9 Å². The molecule has 1 aromatic rings. The summed E-state index contributed by atoms with van der Waals surface area (Å²) in [5, 5.41) is 1.81. The van der Waals surface area contributed by atoms with E-state index in [0.717, 1.165) is 18.3 Å². The molecule has 0 bridgehead atoms. The molecule has 0 spiro atoms. The zero-order chi connectivity index (χ0) is 15.2. The molecule has 1 saturated heterocycles. The summed E-state index contributed by atoms with van der Waals surface area (Å²) >= 11 is 0. The number of carbonyl (C=O) groups is 2. The molecular formula is C16H22N2O3. The summed E-state index contributed by atoms with van der Waals surface area (Å²) in [5.74, 6) is -0.0618. The Bertz CT molecular complexity index is 478. The maximum atomic E-state index is 11.6. The van der Waals surface area contributed by atoms with E-state index in [4.69, 9.17) is 4.84 Å². The molecule has 2 atom stereocenters. The number of hydroxylamine groups is 2. The number of hydrogen-bond acceptors (Lipinski definition) is 4. The number of likely N-dealkylation sites (tertiary alicyclic amines) is 1. The highest BCUT2D eigenvalue weighted by molar-refractivity contribution is 5.77. The maximum Gasteiger partial charge on any atom is 0.220 e. The minimum absolute atomic E-state index is 0.0618. The molecule has 1 fully saturated rings. The molecule has 114 valence electrons. The molecular weight excluding hydrogens is 268 g/mol. The minimum Gasteiger partial charge on any atom is -0.332 e. The van der Waals surface area contributed by atoms with Crippen LogP contribution in [0, 0.1) is 0 Å². The number of rotatable bonds is 5. The highest BCUT2D eigenvalue weighted by Gasteiger charge is 2.31. The quantitative estimate of drug-likeness (QED) is 0.611. The summed E-state index contributed by atoms with van der Waals surface area (Å²) < 4.78 is 0. The first-order valence-corrected chi connectivity index (χ1v) is 7.24. The Hall–Kier alpha value is -1.72. The van der Waals surface area contributed by atoms with Gasteiger partial charge in [0.15, 0.2) is 0 Å². The van der Waals surface area contributed by atoms with E-state index in [1.165, 1.54) is 6.92 Å². The van der Waals surface area contributed by atoms with Crippen LogP contribution in [0.25, 0.3) is 0 Å². The third kappa shape index (κ3) is 4.12. The van der Waals surface area contributed by atoms with Crippen molar-refractivity contribution in [3.63, 3.8) is 0 Å². The van der Waals surface area contributed by atoms with Crippen LogP contribution in [0.15, 0.2) is 30.3 Å². The standard InChI is InChI=1S/C16H22N2O3/c1-13(20)18-10-15(8-9-16(18)11-19)17(2)21-12-14-6-4-3-5-7-14/h3-7,11,15-16H,8-10,12H2,1-2H3/t15-,16+/m1/s1. The Morgan fingerprint density at radius 3 is 2.71 bits per heavy atom. The normalized spacial score (nSPS) is 22.3. The Balaban J connectivity index is 1.89. The fourth-order valence-corrected chi connectivity index (χ4v) is 2.63. The summed E-state index contributed by atoms with van der Waals surface area (Å²) in [6, 6.07) is 9.78. The van der Waals surface area contributed by atoms with E-state index in [-0.39, 0.29) is 18.0 Å². The number of aldehydes is 1. The smallest absolute Gasteiger partial charge is 0.220 e. The second-order valence-corrected chi connectivity index (χ2v) is 5.41. The van der Waals surface area contributed by atoms with Gasteiger partial charge >= 0.3 is 0 Å². The largest absolute Gasteiger partial charge is 0.332 e. The highest BCUT2D eigenvalue weighted by Crippen LogP contribution is 2.20. The van der Waals surface area contributed by atoms with Crippen LogP contribution in [-0.2, 0) is 21.0 Å². The molecule has 0 saturated carbocycles. The number of nitrogens with zero attached hydrogens (tertiary/aromatic N) is 2. The first-order valence-electron chi connectivity index (χ1n) is 7.24. The van der Waals surface area contributed by atoms with E-state index in [2.05, 4.69) is 0 Å². The van der Waals surface area contributed by atoms with Gasteiger partial charge in [0.05, 0.1) is 18.7 Å². The van der Waals surface area contributed by atoms with Gasteiger partial charge in [0.2, 0.25) is 5.91 Å². The molecule has 0 aliphatic carbocycles. The monoisotopic (exact) mass is 290 g/mol. The van der Waals surface area contributed by atoms with Crippen molar-refractivity contribution in [3.8, 4) is 0 Å². The van der Waals surface area contributed by atoms with Crippen molar-refractivity contribution in [2.75, 3.05) is 13.6 Å². The average molecular weight is 290 g/mol. The lowest BCUT2D eigenvalue weighted by molar-refractivity contribution is -0.191. The van der Waals surface area contributed by atoms with E-state index >= 15 is 0 Å². The zero-order valence-corrected chi connectivity index (χ0v) is 12.6. The summed E-state index contributed by atoms with van der Waals surface area (Å²) in [7, 11) is 1.88. The van der Waals surface area contributed by atoms with E-state index in [1.807, 2.05) is 42.4 Å². The van der Waals surface area contributed by atoms with E-state index in [0.29, 0.717) is 19.6 Å². The molecule has 1 aliphatic rings. The van der Waals surface area contributed by atoms with Crippen LogP contribution < -0.4 is 0 Å². The van der Waals surface area contributed by atoms with Crippen molar-refractivity contribution in [1.29, 1.82) is 0 Å². The first kappa shape index (κ1) is 15.7. The van der Waals surface area contributed by atoms with Crippen molar-refractivity contribution in [2.24, 2.45) is 0 Å². The Kier molecular flexibility index (Phi) is 5.47. The molecule has 5 nitrogen and oxygen atoms in total. The third-order valence-electron chi connectivity index (χ3n) is 3.96. The van der Waals surface area contributed by atoms with E-state index in [1.54, 1.807) is 4.90 Å². The van der Waals surface area contributed by atoms with Gasteiger partial charge in [-0.2, -0.15) is 5.06 Å². The predicted octanol–water partition coefficient (Wildman–Crippen LogP) is 1.63. The van der Waals surface area contributed by atoms with Crippen molar-refractivity contribution in [1.82, 2.24) is 9.96 Å². The summed E-state index contributed by atoms with van der Waals surface area (Å²) in [6.07, 6.45) is 2.40. The topological polar surface area (TPSA) is 49.9 Å². The average Bonchev–Trinajstić information content (AvgIpc) is 2.52. The highest BCUT2D eigenvalue weighted by atomic mass is 16.7. The van der Waals surface area contributed by atoms with Crippen LogP contribution in [0.5, 0.6) is 0 Å². The first-order chi connectivity index (χ1) is 10.1. The lowest BCUT2D eigenvalue weighted by Crippen LogP contribution is -2.53. The molecule has 1 aromatic carbocycles. The number of amides is 1. The van der Waals surface area contributed by atoms with Crippen LogP contribution in [0.1, 0.15) is 25.3 Å². The van der Waals surface area contributed by atoms with Crippen LogP contribution in [0.2, 0.25) is 0 Å². The molecule has 21 heavy (non-hydrogen) atoms. The predicted molar refractivity (Wildman–Crippen MR) is 79.3 cm³/mol. The van der Waals surface area contributed by atoms with E-state index < -0.39 is 0 Å². The molecule has 5 heteroatoms. The van der Waals surface area contributed by atoms with Gasteiger partial charge < -0.3 is 9.69 Å². The fraction of sp³-hybridized carbons (Fsp3) is 0.500. The zero-order valence-electron chi connectivity index (χ0n) is 12.6. The SMILES string of the molecule is CC(=O)N1C[C@H](N(C)OCc2ccccc2)CC[C@H]1C=O. The second kappa shape index (κ2) is 7.33. The Morgan fingerprint density at radius 2 is 2.10 bits per heavy atom. The molecule has 0 aromatic heterocycles. The second-order valence-electron chi connectivity index (χ2n) is 5.41. The van der Waals surface area contributed by atoms with Gasteiger partial charge in [0.1, 0.15) is 6.29 Å². The van der Waals surface area contributed by atoms with Crippen LogP contribution >= 0.6 is 0 Å². The van der Waals surface area contributed by atoms with Crippen LogP contribution in [0.4, 0.5) is 0 Å². The number of likely N-dealkylation sites (N-methyl/N-ethyl adjacent to an activating group) is 1. The Morgan fingerprint density at radius 1 is 1.38 bits per heavy atom. The molecule has 2 rings (SSSR count).